The Morgan fingerprint density at radius 3 is 0.688 bits per heavy atom. The molecule has 0 saturated carbocycles. The molecule has 0 atom stereocenters. The van der Waals surface area contributed by atoms with Gasteiger partial charge in [-0.25, -0.2) is 0 Å². The van der Waals surface area contributed by atoms with Crippen LogP contribution in [0.5, 0.6) is 0 Å². The topological polar surface area (TPSA) is 0 Å². The van der Waals surface area contributed by atoms with E-state index in [1.54, 1.807) is 0 Å². The zero-order chi connectivity index (χ0) is 11.9. The van der Waals surface area contributed by atoms with Gasteiger partial charge < -0.3 is 0 Å². The van der Waals surface area contributed by atoms with E-state index < -0.39 is 0 Å². The maximum absolute atomic E-state index is 3.48. The molecule has 0 aromatic rings. The number of unbranched alkanes of at least 4 members (excludes halogenated alkanes) is 11. The van der Waals surface area contributed by atoms with Crippen molar-refractivity contribution in [3.63, 3.8) is 0 Å². The fourth-order valence-corrected chi connectivity index (χ4v) is 2.75. The molecule has 0 N–H and O–H groups in total. The molecule has 0 spiro atoms. The minimum absolute atomic E-state index is 1.18. The number of rotatable bonds is 13. The third-order valence-corrected chi connectivity index (χ3v) is 4.14. The van der Waals surface area contributed by atoms with Crippen molar-refractivity contribution in [1.29, 1.82) is 0 Å². The van der Waals surface area contributed by atoms with Gasteiger partial charge in [0.1, 0.15) is 0 Å². The molecule has 0 nitrogen and oxygen atoms in total. The number of alkyl halides is 2. The summed E-state index contributed by atoms with van der Waals surface area (Å²) in [7, 11) is 0. The normalized spacial score (nSPS) is 10.9. The van der Waals surface area contributed by atoms with Crippen LogP contribution >= 0.6 is 31.9 Å². The van der Waals surface area contributed by atoms with E-state index in [0.29, 0.717) is 0 Å². The summed E-state index contributed by atoms with van der Waals surface area (Å²) in [6, 6.07) is 0. The second-order valence-electron chi connectivity index (χ2n) is 4.62. The zero-order valence-electron chi connectivity index (χ0n) is 10.7. The predicted octanol–water partition coefficient (Wildman–Crippen LogP) is 6.46. The van der Waals surface area contributed by atoms with Crippen LogP contribution in [0.1, 0.15) is 77.0 Å². The molecule has 98 valence electrons. The Kier molecular flexibility index (Phi) is 16.9. The van der Waals surface area contributed by atoms with Gasteiger partial charge in [0, 0.05) is 10.7 Å². The first-order valence-electron chi connectivity index (χ1n) is 7.03. The second kappa shape index (κ2) is 16.0. The Bertz CT molecular complexity index is 101. The van der Waals surface area contributed by atoms with Crippen molar-refractivity contribution in [2.75, 3.05) is 10.7 Å². The van der Waals surface area contributed by atoms with Crippen LogP contribution in [-0.2, 0) is 0 Å². The third-order valence-electron chi connectivity index (χ3n) is 3.02. The van der Waals surface area contributed by atoms with Crippen LogP contribution in [0.3, 0.4) is 0 Å². The zero-order valence-corrected chi connectivity index (χ0v) is 13.8. The summed E-state index contributed by atoms with van der Waals surface area (Å²) in [5.74, 6) is 0. The summed E-state index contributed by atoms with van der Waals surface area (Å²) in [4.78, 5) is 0. The lowest BCUT2D eigenvalue weighted by molar-refractivity contribution is 0.549. The van der Waals surface area contributed by atoms with E-state index in [4.69, 9.17) is 0 Å². The second-order valence-corrected chi connectivity index (χ2v) is 6.21. The molecule has 0 aliphatic heterocycles. The highest BCUT2D eigenvalue weighted by Crippen LogP contribution is 2.12. The molecular formula is C14H28Br2. The summed E-state index contributed by atoms with van der Waals surface area (Å²) < 4.78 is 0. The Labute approximate surface area is 119 Å². The van der Waals surface area contributed by atoms with Crippen molar-refractivity contribution in [2.24, 2.45) is 0 Å². The average molecular weight is 356 g/mol. The fraction of sp³-hybridized carbons (Fsp3) is 1.00. The first-order valence-corrected chi connectivity index (χ1v) is 9.28. The summed E-state index contributed by atoms with van der Waals surface area (Å²) in [5.41, 5.74) is 0. The summed E-state index contributed by atoms with van der Waals surface area (Å²) >= 11 is 6.95. The highest BCUT2D eigenvalue weighted by Gasteiger charge is 1.93. The smallest absolute Gasteiger partial charge is 0.00313 e. The van der Waals surface area contributed by atoms with Gasteiger partial charge in [0.25, 0.3) is 0 Å². The van der Waals surface area contributed by atoms with E-state index in [0.717, 1.165) is 0 Å². The van der Waals surface area contributed by atoms with Crippen LogP contribution in [0, 0.1) is 0 Å². The van der Waals surface area contributed by atoms with Gasteiger partial charge in [-0.1, -0.05) is 96.1 Å². The minimum Gasteiger partial charge on any atom is -0.0928 e. The lowest BCUT2D eigenvalue weighted by atomic mass is 10.1. The monoisotopic (exact) mass is 354 g/mol. The largest absolute Gasteiger partial charge is 0.0928 e. The summed E-state index contributed by atoms with van der Waals surface area (Å²) in [6.07, 6.45) is 17.2. The first-order chi connectivity index (χ1) is 7.91. The Morgan fingerprint density at radius 1 is 0.312 bits per heavy atom. The summed E-state index contributed by atoms with van der Waals surface area (Å²) in [5, 5.41) is 2.36. The van der Waals surface area contributed by atoms with Crippen LogP contribution in [0.2, 0.25) is 0 Å². The lowest BCUT2D eigenvalue weighted by Gasteiger charge is -2.02. The van der Waals surface area contributed by atoms with Gasteiger partial charge in [0.05, 0.1) is 0 Å². The van der Waals surface area contributed by atoms with Gasteiger partial charge in [0.15, 0.2) is 0 Å². The molecule has 0 bridgehead atoms. The van der Waals surface area contributed by atoms with Crippen molar-refractivity contribution >= 4 is 31.9 Å². The molecule has 0 rings (SSSR count). The van der Waals surface area contributed by atoms with Crippen LogP contribution < -0.4 is 0 Å². The van der Waals surface area contributed by atoms with Gasteiger partial charge in [-0.3, -0.25) is 0 Å². The van der Waals surface area contributed by atoms with Gasteiger partial charge in [-0.2, -0.15) is 0 Å². The van der Waals surface area contributed by atoms with Gasteiger partial charge in [0.2, 0.25) is 0 Å². The van der Waals surface area contributed by atoms with Crippen molar-refractivity contribution in [2.45, 2.75) is 77.0 Å². The molecule has 0 aliphatic rings. The number of hydrogen-bond donors (Lipinski definition) is 0. The third kappa shape index (κ3) is 15.0. The maximum atomic E-state index is 3.48. The Morgan fingerprint density at radius 2 is 0.500 bits per heavy atom. The van der Waals surface area contributed by atoms with Gasteiger partial charge in [-0.15, -0.1) is 0 Å². The van der Waals surface area contributed by atoms with E-state index in [1.165, 1.54) is 87.7 Å². The van der Waals surface area contributed by atoms with E-state index in [9.17, 15) is 0 Å². The highest BCUT2D eigenvalue weighted by atomic mass is 79.9. The van der Waals surface area contributed by atoms with Gasteiger partial charge in [-0.05, 0) is 12.8 Å². The molecule has 0 aromatic carbocycles. The van der Waals surface area contributed by atoms with Crippen LogP contribution in [0.4, 0.5) is 0 Å². The molecule has 2 heteroatoms. The average Bonchev–Trinajstić information content (AvgIpc) is 2.31. The SMILES string of the molecule is BrCCCCCCCCCCCCCCBr. The lowest BCUT2D eigenvalue weighted by Crippen LogP contribution is -1.83. The molecule has 0 aromatic heterocycles. The molecule has 0 fully saturated rings. The van der Waals surface area contributed by atoms with E-state index in [1.807, 2.05) is 0 Å². The van der Waals surface area contributed by atoms with Gasteiger partial charge >= 0.3 is 0 Å². The first kappa shape index (κ1) is 17.0. The molecule has 0 heterocycles. The van der Waals surface area contributed by atoms with Crippen molar-refractivity contribution in [1.82, 2.24) is 0 Å². The van der Waals surface area contributed by atoms with E-state index in [2.05, 4.69) is 31.9 Å². The number of hydrogen-bond acceptors (Lipinski definition) is 0. The predicted molar refractivity (Wildman–Crippen MR) is 83.0 cm³/mol. The molecule has 16 heavy (non-hydrogen) atoms. The van der Waals surface area contributed by atoms with E-state index in [-0.39, 0.29) is 0 Å². The Balaban J connectivity index is 2.83. The highest BCUT2D eigenvalue weighted by molar-refractivity contribution is 9.09. The van der Waals surface area contributed by atoms with Crippen LogP contribution in [0.15, 0.2) is 0 Å². The standard InChI is InChI=1S/C14H28Br2/c15-13-11-9-7-5-3-1-2-4-6-8-10-12-14-16/h1-14H2. The van der Waals surface area contributed by atoms with Crippen molar-refractivity contribution in [3.05, 3.63) is 0 Å². The van der Waals surface area contributed by atoms with Crippen LogP contribution in [0.25, 0.3) is 0 Å². The van der Waals surface area contributed by atoms with Crippen molar-refractivity contribution in [3.8, 4) is 0 Å². The van der Waals surface area contributed by atoms with Crippen LogP contribution in [-0.4, -0.2) is 10.7 Å². The Hall–Kier alpha value is 0.960. The molecular weight excluding hydrogens is 328 g/mol. The number of halogens is 2. The van der Waals surface area contributed by atoms with Crippen molar-refractivity contribution < 1.29 is 0 Å². The fourth-order valence-electron chi connectivity index (χ4n) is 1.96. The quantitative estimate of drug-likeness (QED) is 0.263. The minimum atomic E-state index is 1.18. The summed E-state index contributed by atoms with van der Waals surface area (Å²) in [6.45, 7) is 0. The molecule has 0 unspecified atom stereocenters. The molecule has 0 amide bonds. The molecule has 0 radical (unpaired) electrons. The molecule has 0 aliphatic carbocycles. The molecule has 0 saturated heterocycles. The maximum Gasteiger partial charge on any atom is 0.00313 e. The van der Waals surface area contributed by atoms with E-state index >= 15 is 0 Å².